The summed E-state index contributed by atoms with van der Waals surface area (Å²) in [6, 6.07) is 4.90. The van der Waals surface area contributed by atoms with Crippen molar-refractivity contribution in [2.24, 2.45) is 5.92 Å². The molecule has 0 radical (unpaired) electrons. The molecule has 1 aromatic carbocycles. The molecule has 1 aliphatic heterocycles. The number of aryl methyl sites for hydroxylation is 1. The van der Waals surface area contributed by atoms with Gasteiger partial charge >= 0.3 is 0 Å². The average molecular weight is 275 g/mol. The van der Waals surface area contributed by atoms with Gasteiger partial charge in [0.25, 0.3) is 5.91 Å². The second-order valence-corrected chi connectivity index (χ2v) is 6.21. The van der Waals surface area contributed by atoms with Crippen LogP contribution in [0.15, 0.2) is 18.2 Å². The quantitative estimate of drug-likeness (QED) is 0.760. The number of fused-ring (bicyclic) bond motifs is 1. The standard InChI is InChI=1S/C17H22FNO/c1-12-8-9-14(18)11-15(12)17(20)19-10-4-6-13-5-2-3-7-16(13)19/h8-9,11,13,16H,2-7,10H2,1H3. The van der Waals surface area contributed by atoms with E-state index >= 15 is 0 Å². The van der Waals surface area contributed by atoms with Crippen LogP contribution in [0, 0.1) is 18.7 Å². The Morgan fingerprint density at radius 3 is 2.80 bits per heavy atom. The number of hydrogen-bond donors (Lipinski definition) is 0. The molecule has 1 saturated heterocycles. The highest BCUT2D eigenvalue weighted by Crippen LogP contribution is 2.36. The number of halogens is 1. The highest BCUT2D eigenvalue weighted by Gasteiger charge is 2.36. The van der Waals surface area contributed by atoms with Crippen LogP contribution in [0.1, 0.15) is 54.4 Å². The van der Waals surface area contributed by atoms with Gasteiger partial charge in [-0.25, -0.2) is 4.39 Å². The number of amides is 1. The first-order valence-electron chi connectivity index (χ1n) is 7.74. The van der Waals surface area contributed by atoms with Crippen molar-refractivity contribution >= 4 is 5.91 Å². The Labute approximate surface area is 120 Å². The van der Waals surface area contributed by atoms with Crippen molar-refractivity contribution in [1.82, 2.24) is 4.90 Å². The monoisotopic (exact) mass is 275 g/mol. The number of hydrogen-bond acceptors (Lipinski definition) is 1. The summed E-state index contributed by atoms with van der Waals surface area (Å²) in [5.41, 5.74) is 1.41. The first kappa shape index (κ1) is 13.6. The summed E-state index contributed by atoms with van der Waals surface area (Å²) in [6.07, 6.45) is 7.20. The number of benzene rings is 1. The molecule has 0 N–H and O–H groups in total. The highest BCUT2D eigenvalue weighted by molar-refractivity contribution is 5.96. The van der Waals surface area contributed by atoms with Crippen molar-refractivity contribution in [1.29, 1.82) is 0 Å². The Hall–Kier alpha value is -1.38. The van der Waals surface area contributed by atoms with Gasteiger partial charge in [0.1, 0.15) is 5.82 Å². The van der Waals surface area contributed by atoms with E-state index in [1.807, 2.05) is 11.8 Å². The Bertz CT molecular complexity index is 512. The smallest absolute Gasteiger partial charge is 0.254 e. The van der Waals surface area contributed by atoms with E-state index in [0.29, 0.717) is 17.5 Å². The van der Waals surface area contributed by atoms with Crippen LogP contribution in [0.5, 0.6) is 0 Å². The molecule has 0 bridgehead atoms. The third-order valence-corrected chi connectivity index (χ3v) is 4.93. The number of piperidine rings is 1. The number of nitrogens with zero attached hydrogens (tertiary/aromatic N) is 1. The van der Waals surface area contributed by atoms with Crippen LogP contribution in [0.3, 0.4) is 0 Å². The fourth-order valence-corrected chi connectivity index (χ4v) is 3.86. The van der Waals surface area contributed by atoms with Gasteiger partial charge < -0.3 is 4.90 Å². The topological polar surface area (TPSA) is 20.3 Å². The first-order chi connectivity index (χ1) is 9.66. The maximum Gasteiger partial charge on any atom is 0.254 e. The Morgan fingerprint density at radius 2 is 1.95 bits per heavy atom. The predicted molar refractivity (Wildman–Crippen MR) is 77.2 cm³/mol. The minimum Gasteiger partial charge on any atom is -0.335 e. The molecule has 2 aliphatic rings. The zero-order chi connectivity index (χ0) is 14.1. The van der Waals surface area contributed by atoms with Gasteiger partial charge in [-0.2, -0.15) is 0 Å². The van der Waals surface area contributed by atoms with Gasteiger partial charge in [-0.05, 0) is 56.2 Å². The van der Waals surface area contributed by atoms with Crippen LogP contribution in [-0.4, -0.2) is 23.4 Å². The molecular formula is C17H22FNO. The number of carbonyl (C=O) groups is 1. The Kier molecular flexibility index (Phi) is 3.77. The molecule has 3 rings (SSSR count). The van der Waals surface area contributed by atoms with Crippen LogP contribution in [0.2, 0.25) is 0 Å². The molecule has 1 amide bonds. The summed E-state index contributed by atoms with van der Waals surface area (Å²) in [5, 5.41) is 0. The van der Waals surface area contributed by atoms with Gasteiger partial charge in [0.2, 0.25) is 0 Å². The van der Waals surface area contributed by atoms with Gasteiger partial charge in [-0.15, -0.1) is 0 Å². The molecule has 0 aromatic heterocycles. The molecule has 0 spiro atoms. The summed E-state index contributed by atoms with van der Waals surface area (Å²) in [5.74, 6) is 0.366. The van der Waals surface area contributed by atoms with E-state index in [4.69, 9.17) is 0 Å². The van der Waals surface area contributed by atoms with Crippen molar-refractivity contribution in [2.45, 2.75) is 51.5 Å². The largest absolute Gasteiger partial charge is 0.335 e. The Balaban J connectivity index is 1.87. The van der Waals surface area contributed by atoms with E-state index in [-0.39, 0.29) is 11.7 Å². The lowest BCUT2D eigenvalue weighted by Crippen LogP contribution is -2.49. The molecule has 1 saturated carbocycles. The van der Waals surface area contributed by atoms with Gasteiger partial charge in [-0.1, -0.05) is 18.9 Å². The lowest BCUT2D eigenvalue weighted by Gasteiger charge is -2.44. The summed E-state index contributed by atoms with van der Waals surface area (Å²) >= 11 is 0. The van der Waals surface area contributed by atoms with E-state index in [2.05, 4.69) is 0 Å². The number of rotatable bonds is 1. The number of likely N-dealkylation sites (tertiary alicyclic amines) is 1. The van der Waals surface area contributed by atoms with Gasteiger partial charge in [0.15, 0.2) is 0 Å². The van der Waals surface area contributed by atoms with E-state index in [9.17, 15) is 9.18 Å². The maximum absolute atomic E-state index is 13.4. The lowest BCUT2D eigenvalue weighted by molar-refractivity contribution is 0.0389. The van der Waals surface area contributed by atoms with E-state index < -0.39 is 0 Å². The van der Waals surface area contributed by atoms with Crippen molar-refractivity contribution in [3.63, 3.8) is 0 Å². The molecule has 1 aliphatic carbocycles. The van der Waals surface area contributed by atoms with Crippen LogP contribution in [0.4, 0.5) is 4.39 Å². The van der Waals surface area contributed by atoms with Gasteiger partial charge in [-0.3, -0.25) is 4.79 Å². The minimum atomic E-state index is -0.323. The Morgan fingerprint density at radius 1 is 1.20 bits per heavy atom. The fourth-order valence-electron chi connectivity index (χ4n) is 3.86. The van der Waals surface area contributed by atoms with E-state index in [0.717, 1.165) is 24.9 Å². The first-order valence-corrected chi connectivity index (χ1v) is 7.74. The molecule has 2 fully saturated rings. The molecule has 20 heavy (non-hydrogen) atoms. The van der Waals surface area contributed by atoms with Crippen molar-refractivity contribution in [3.8, 4) is 0 Å². The van der Waals surface area contributed by atoms with Crippen LogP contribution >= 0.6 is 0 Å². The molecule has 2 atom stereocenters. The zero-order valence-electron chi connectivity index (χ0n) is 12.1. The summed E-state index contributed by atoms with van der Waals surface area (Å²) in [4.78, 5) is 14.8. The molecule has 108 valence electrons. The molecular weight excluding hydrogens is 253 g/mol. The van der Waals surface area contributed by atoms with Crippen LogP contribution in [0.25, 0.3) is 0 Å². The molecule has 1 heterocycles. The van der Waals surface area contributed by atoms with Crippen LogP contribution < -0.4 is 0 Å². The van der Waals surface area contributed by atoms with Gasteiger partial charge in [0, 0.05) is 18.2 Å². The second kappa shape index (κ2) is 5.55. The van der Waals surface area contributed by atoms with E-state index in [1.54, 1.807) is 6.07 Å². The van der Waals surface area contributed by atoms with Crippen molar-refractivity contribution < 1.29 is 9.18 Å². The van der Waals surface area contributed by atoms with E-state index in [1.165, 1.54) is 37.8 Å². The molecule has 1 aromatic rings. The molecule has 2 nitrogen and oxygen atoms in total. The number of carbonyl (C=O) groups excluding carboxylic acids is 1. The van der Waals surface area contributed by atoms with Gasteiger partial charge in [0.05, 0.1) is 0 Å². The fraction of sp³-hybridized carbons (Fsp3) is 0.588. The summed E-state index contributed by atoms with van der Waals surface area (Å²) < 4.78 is 13.4. The SMILES string of the molecule is Cc1ccc(F)cc1C(=O)N1CCCC2CCCCC21. The predicted octanol–water partition coefficient (Wildman–Crippen LogP) is 3.93. The highest BCUT2D eigenvalue weighted by atomic mass is 19.1. The third-order valence-electron chi connectivity index (χ3n) is 4.93. The lowest BCUT2D eigenvalue weighted by atomic mass is 9.78. The summed E-state index contributed by atoms with van der Waals surface area (Å²) in [7, 11) is 0. The summed E-state index contributed by atoms with van der Waals surface area (Å²) in [6.45, 7) is 2.71. The zero-order valence-corrected chi connectivity index (χ0v) is 12.1. The molecule has 2 unspecified atom stereocenters. The average Bonchev–Trinajstić information content (AvgIpc) is 2.48. The van der Waals surface area contributed by atoms with Crippen LogP contribution in [-0.2, 0) is 0 Å². The maximum atomic E-state index is 13.4. The molecule has 3 heteroatoms. The normalized spacial score (nSPS) is 26.2. The van der Waals surface area contributed by atoms with Crippen molar-refractivity contribution in [2.75, 3.05) is 6.54 Å². The minimum absolute atomic E-state index is 0.0265. The second-order valence-electron chi connectivity index (χ2n) is 6.21. The van der Waals surface area contributed by atoms with Crippen molar-refractivity contribution in [3.05, 3.63) is 35.1 Å². The third kappa shape index (κ3) is 2.46.